The van der Waals surface area contributed by atoms with Gasteiger partial charge in [0.1, 0.15) is 12.0 Å². The molecule has 4 heteroatoms. The molecule has 0 fully saturated rings. The van der Waals surface area contributed by atoms with Crippen LogP contribution in [0.1, 0.15) is 19.0 Å². The van der Waals surface area contributed by atoms with Crippen LogP contribution < -0.4 is 0 Å². The summed E-state index contributed by atoms with van der Waals surface area (Å²) >= 11 is 0. The normalized spacial score (nSPS) is 11.3. The van der Waals surface area contributed by atoms with Gasteiger partial charge in [0.25, 0.3) is 0 Å². The van der Waals surface area contributed by atoms with Gasteiger partial charge < -0.3 is 0 Å². The molecule has 164 valence electrons. The van der Waals surface area contributed by atoms with Crippen molar-refractivity contribution in [3.8, 4) is 28.1 Å². The van der Waals surface area contributed by atoms with Crippen molar-refractivity contribution in [2.75, 3.05) is 0 Å². The molecule has 6 rings (SSSR count). The molecule has 0 spiro atoms. The molecule has 0 N–H and O–H groups in total. The number of aromatic nitrogens is 4. The van der Waals surface area contributed by atoms with Gasteiger partial charge in [-0.2, -0.15) is 0 Å². The molecule has 0 unspecified atom stereocenters. The Balaban J connectivity index is 1.49. The van der Waals surface area contributed by atoms with E-state index in [4.69, 9.17) is 4.98 Å². The fourth-order valence-corrected chi connectivity index (χ4v) is 4.63. The minimum atomic E-state index is 0.914. The number of pyridine rings is 1. The van der Waals surface area contributed by atoms with Crippen LogP contribution in [0.5, 0.6) is 0 Å². The molecule has 0 saturated heterocycles. The number of hydrogen-bond acceptors (Lipinski definition) is 3. The highest BCUT2D eigenvalue weighted by Gasteiger charge is 2.15. The van der Waals surface area contributed by atoms with Crippen molar-refractivity contribution >= 4 is 21.9 Å². The summed E-state index contributed by atoms with van der Waals surface area (Å²) in [5.74, 6) is 0. The largest absolute Gasteiger partial charge is 0.294 e. The van der Waals surface area contributed by atoms with E-state index in [2.05, 4.69) is 106 Å². The molecule has 3 aromatic carbocycles. The SMILES string of the molecule is CCCc1cc(-c2cnc3c(c2)c2ccccc2n3-c2ccc(-c3ccccc3)cc2)ncn1. The van der Waals surface area contributed by atoms with E-state index in [-0.39, 0.29) is 0 Å². The van der Waals surface area contributed by atoms with Gasteiger partial charge in [-0.15, -0.1) is 0 Å². The summed E-state index contributed by atoms with van der Waals surface area (Å²) in [6, 6.07) is 31.9. The zero-order valence-electron chi connectivity index (χ0n) is 19.0. The van der Waals surface area contributed by atoms with Gasteiger partial charge in [0.05, 0.1) is 11.2 Å². The topological polar surface area (TPSA) is 43.6 Å². The summed E-state index contributed by atoms with van der Waals surface area (Å²) in [4.78, 5) is 13.9. The molecule has 0 bridgehead atoms. The van der Waals surface area contributed by atoms with Gasteiger partial charge in [-0.1, -0.05) is 74.0 Å². The summed E-state index contributed by atoms with van der Waals surface area (Å²) in [5, 5.41) is 2.30. The van der Waals surface area contributed by atoms with Crippen LogP contribution in [0.25, 0.3) is 50.0 Å². The van der Waals surface area contributed by atoms with Crippen molar-refractivity contribution in [3.05, 3.63) is 109 Å². The molecule has 0 saturated carbocycles. The second-order valence-electron chi connectivity index (χ2n) is 8.51. The molecule has 3 aromatic heterocycles. The van der Waals surface area contributed by atoms with Crippen molar-refractivity contribution < 1.29 is 0 Å². The van der Waals surface area contributed by atoms with Crippen LogP contribution in [0.15, 0.2) is 104 Å². The zero-order chi connectivity index (χ0) is 22.9. The van der Waals surface area contributed by atoms with Crippen LogP contribution in [0, 0.1) is 0 Å². The summed E-state index contributed by atoms with van der Waals surface area (Å²) in [6.45, 7) is 2.16. The fourth-order valence-electron chi connectivity index (χ4n) is 4.63. The van der Waals surface area contributed by atoms with Crippen LogP contribution in [-0.4, -0.2) is 19.5 Å². The Morgan fingerprint density at radius 1 is 0.676 bits per heavy atom. The van der Waals surface area contributed by atoms with Gasteiger partial charge in [0.2, 0.25) is 0 Å². The standard InChI is InChI=1S/C30H24N4/c1-2-8-24-18-28(33-20-32-24)23-17-27-26-11-6-7-12-29(26)34(30(27)31-19-23)25-15-13-22(14-16-25)21-9-4-3-5-10-21/h3-7,9-20H,2,8H2,1H3. The first-order valence-electron chi connectivity index (χ1n) is 11.7. The lowest BCUT2D eigenvalue weighted by Crippen LogP contribution is -1.96. The third-order valence-corrected chi connectivity index (χ3v) is 6.27. The Labute approximate surface area is 198 Å². The minimum Gasteiger partial charge on any atom is -0.294 e. The maximum Gasteiger partial charge on any atom is 0.145 e. The van der Waals surface area contributed by atoms with E-state index in [9.17, 15) is 0 Å². The van der Waals surface area contributed by atoms with E-state index in [0.717, 1.165) is 52.0 Å². The molecule has 6 aromatic rings. The first kappa shape index (κ1) is 20.3. The Morgan fingerprint density at radius 3 is 2.26 bits per heavy atom. The lowest BCUT2D eigenvalue weighted by molar-refractivity contribution is 0.873. The van der Waals surface area contributed by atoms with Gasteiger partial charge in [-0.25, -0.2) is 15.0 Å². The van der Waals surface area contributed by atoms with Crippen molar-refractivity contribution in [1.82, 2.24) is 19.5 Å². The molecule has 0 amide bonds. The molecule has 0 aliphatic heterocycles. The van der Waals surface area contributed by atoms with Gasteiger partial charge in [-0.05, 0) is 47.9 Å². The summed E-state index contributed by atoms with van der Waals surface area (Å²) < 4.78 is 2.24. The molecular formula is C30H24N4. The molecule has 0 aliphatic carbocycles. The van der Waals surface area contributed by atoms with Gasteiger partial charge in [-0.3, -0.25) is 4.57 Å². The van der Waals surface area contributed by atoms with Crippen molar-refractivity contribution in [2.45, 2.75) is 19.8 Å². The first-order valence-corrected chi connectivity index (χ1v) is 11.7. The smallest absolute Gasteiger partial charge is 0.145 e. The first-order chi connectivity index (χ1) is 16.8. The summed E-state index contributed by atoms with van der Waals surface area (Å²) in [6.07, 6.45) is 5.59. The predicted molar refractivity (Wildman–Crippen MR) is 139 cm³/mol. The third-order valence-electron chi connectivity index (χ3n) is 6.27. The van der Waals surface area contributed by atoms with Gasteiger partial charge in [0.15, 0.2) is 0 Å². The van der Waals surface area contributed by atoms with Gasteiger partial charge in [0, 0.05) is 33.9 Å². The fraction of sp³-hybridized carbons (Fsp3) is 0.100. The zero-order valence-corrected chi connectivity index (χ0v) is 19.0. The van der Waals surface area contributed by atoms with E-state index in [1.54, 1.807) is 6.33 Å². The maximum atomic E-state index is 4.93. The summed E-state index contributed by atoms with van der Waals surface area (Å²) in [7, 11) is 0. The number of fused-ring (bicyclic) bond motifs is 3. The molecule has 0 aliphatic rings. The predicted octanol–water partition coefficient (Wildman–Crippen LogP) is 7.26. The van der Waals surface area contributed by atoms with Crippen LogP contribution in [0.4, 0.5) is 0 Å². The van der Waals surface area contributed by atoms with Crippen LogP contribution in [0.3, 0.4) is 0 Å². The summed E-state index contributed by atoms with van der Waals surface area (Å²) in [5.41, 5.74) is 8.58. The number of nitrogens with zero attached hydrogens (tertiary/aromatic N) is 4. The van der Waals surface area contributed by atoms with Crippen molar-refractivity contribution in [3.63, 3.8) is 0 Å². The van der Waals surface area contributed by atoms with E-state index in [1.807, 2.05) is 12.3 Å². The monoisotopic (exact) mass is 440 g/mol. The van der Waals surface area contributed by atoms with Crippen molar-refractivity contribution in [2.24, 2.45) is 0 Å². The van der Waals surface area contributed by atoms with E-state index in [0.29, 0.717) is 0 Å². The third kappa shape index (κ3) is 3.54. The second-order valence-corrected chi connectivity index (χ2v) is 8.51. The average Bonchev–Trinajstić information content (AvgIpc) is 3.23. The van der Waals surface area contributed by atoms with Crippen LogP contribution in [0.2, 0.25) is 0 Å². The van der Waals surface area contributed by atoms with E-state index in [1.165, 1.54) is 16.5 Å². The molecule has 3 heterocycles. The molecule has 0 radical (unpaired) electrons. The molecule has 0 atom stereocenters. The Morgan fingerprint density at radius 2 is 1.44 bits per heavy atom. The highest BCUT2D eigenvalue weighted by molar-refractivity contribution is 6.08. The van der Waals surface area contributed by atoms with Crippen LogP contribution >= 0.6 is 0 Å². The van der Waals surface area contributed by atoms with Crippen LogP contribution in [-0.2, 0) is 6.42 Å². The number of aryl methyl sites for hydroxylation is 1. The quantitative estimate of drug-likeness (QED) is 0.283. The highest BCUT2D eigenvalue weighted by Crippen LogP contribution is 2.33. The lowest BCUT2D eigenvalue weighted by Gasteiger charge is -2.09. The Bertz CT molecular complexity index is 1600. The Hall–Kier alpha value is -4.31. The number of rotatable bonds is 5. The average molecular weight is 441 g/mol. The number of hydrogen-bond donors (Lipinski definition) is 0. The Kier molecular flexibility index (Phi) is 5.11. The lowest BCUT2D eigenvalue weighted by atomic mass is 10.1. The molecular weight excluding hydrogens is 416 g/mol. The maximum absolute atomic E-state index is 4.93. The van der Waals surface area contributed by atoms with E-state index >= 15 is 0 Å². The second kappa shape index (κ2) is 8.56. The number of benzene rings is 3. The highest BCUT2D eigenvalue weighted by atomic mass is 15.0. The van der Waals surface area contributed by atoms with Crippen molar-refractivity contribution in [1.29, 1.82) is 0 Å². The number of para-hydroxylation sites is 1. The molecule has 4 nitrogen and oxygen atoms in total. The minimum absolute atomic E-state index is 0.914. The van der Waals surface area contributed by atoms with E-state index < -0.39 is 0 Å². The molecule has 34 heavy (non-hydrogen) atoms. The van der Waals surface area contributed by atoms with Gasteiger partial charge >= 0.3 is 0 Å².